The van der Waals surface area contributed by atoms with Gasteiger partial charge in [-0.2, -0.15) is 0 Å². The first-order chi connectivity index (χ1) is 8.10. The molecular formula is C12H13ClO3S. The Labute approximate surface area is 109 Å². The molecular weight excluding hydrogens is 260 g/mol. The van der Waals surface area contributed by atoms with Gasteiger partial charge in [-0.1, -0.05) is 30.3 Å². The number of carbonyl (C=O) groups is 1. The number of aliphatic carboxylic acids is 1. The van der Waals surface area contributed by atoms with Crippen LogP contribution in [0.15, 0.2) is 30.9 Å². The zero-order chi connectivity index (χ0) is 12.8. The normalized spacial score (nSPS) is 11.9. The summed E-state index contributed by atoms with van der Waals surface area (Å²) in [5.74, 6) is -0.353. The van der Waals surface area contributed by atoms with E-state index in [1.807, 2.05) is 0 Å². The molecule has 0 aromatic heterocycles. The number of hydrogen-bond acceptors (Lipinski definition) is 3. The van der Waals surface area contributed by atoms with Crippen LogP contribution >= 0.6 is 23.4 Å². The molecule has 0 radical (unpaired) electrons. The van der Waals surface area contributed by atoms with Crippen molar-refractivity contribution in [2.45, 2.75) is 5.25 Å². The van der Waals surface area contributed by atoms with Crippen LogP contribution in [0.4, 0.5) is 0 Å². The summed E-state index contributed by atoms with van der Waals surface area (Å²) < 4.78 is 5.31. The van der Waals surface area contributed by atoms with E-state index in [2.05, 4.69) is 6.58 Å². The molecule has 0 saturated heterocycles. The Hall–Kier alpha value is -1.13. The van der Waals surface area contributed by atoms with Crippen LogP contribution in [0.25, 0.3) is 0 Å². The Balaban J connectivity index is 2.94. The molecule has 0 bridgehead atoms. The minimum absolute atomic E-state index is 0.365. The second kappa shape index (κ2) is 6.57. The van der Waals surface area contributed by atoms with E-state index in [9.17, 15) is 4.79 Å². The minimum atomic E-state index is -0.881. The number of ether oxygens (including phenoxy) is 1. The maximum atomic E-state index is 11.0. The number of carboxylic acids is 1. The average molecular weight is 273 g/mol. The van der Waals surface area contributed by atoms with Gasteiger partial charge in [0.1, 0.15) is 17.6 Å². The van der Waals surface area contributed by atoms with Crippen molar-refractivity contribution in [3.8, 4) is 5.75 Å². The van der Waals surface area contributed by atoms with Crippen LogP contribution in [0.2, 0.25) is 5.02 Å². The van der Waals surface area contributed by atoms with Crippen LogP contribution in [-0.2, 0) is 4.79 Å². The summed E-state index contributed by atoms with van der Waals surface area (Å²) >= 11 is 7.26. The van der Waals surface area contributed by atoms with Crippen molar-refractivity contribution in [2.75, 3.05) is 12.9 Å². The zero-order valence-corrected chi connectivity index (χ0v) is 10.9. The third-order valence-electron chi connectivity index (χ3n) is 2.08. The van der Waals surface area contributed by atoms with Crippen molar-refractivity contribution in [1.82, 2.24) is 0 Å². The minimum Gasteiger partial charge on any atom is -0.488 e. The van der Waals surface area contributed by atoms with Crippen LogP contribution in [-0.4, -0.2) is 23.9 Å². The Kier molecular flexibility index (Phi) is 5.38. The first-order valence-electron chi connectivity index (χ1n) is 4.89. The van der Waals surface area contributed by atoms with Crippen LogP contribution < -0.4 is 4.74 Å². The summed E-state index contributed by atoms with van der Waals surface area (Å²) in [6, 6.07) is 5.00. The molecule has 1 rings (SSSR count). The molecule has 0 fully saturated rings. The number of hydrogen-bond donors (Lipinski definition) is 1. The molecule has 3 nitrogen and oxygen atoms in total. The first-order valence-corrected chi connectivity index (χ1v) is 6.55. The fraction of sp³-hybridized carbons (Fsp3) is 0.250. The molecule has 0 heterocycles. The molecule has 1 atom stereocenters. The maximum absolute atomic E-state index is 11.0. The van der Waals surface area contributed by atoms with Gasteiger partial charge in [-0.3, -0.25) is 4.79 Å². The van der Waals surface area contributed by atoms with E-state index in [4.69, 9.17) is 21.4 Å². The fourth-order valence-corrected chi connectivity index (χ4v) is 2.19. The van der Waals surface area contributed by atoms with Crippen LogP contribution in [0, 0.1) is 0 Å². The van der Waals surface area contributed by atoms with E-state index < -0.39 is 11.2 Å². The van der Waals surface area contributed by atoms with E-state index in [0.29, 0.717) is 22.9 Å². The smallest absolute Gasteiger partial charge is 0.321 e. The lowest BCUT2D eigenvalue weighted by molar-refractivity contribution is -0.136. The highest BCUT2D eigenvalue weighted by Gasteiger charge is 2.19. The van der Waals surface area contributed by atoms with Crippen molar-refractivity contribution in [3.63, 3.8) is 0 Å². The summed E-state index contributed by atoms with van der Waals surface area (Å²) in [7, 11) is 0. The lowest BCUT2D eigenvalue weighted by Crippen LogP contribution is -2.07. The second-order valence-corrected chi connectivity index (χ2v) is 4.59. The fourth-order valence-electron chi connectivity index (χ4n) is 1.33. The molecule has 0 aliphatic carbocycles. The standard InChI is InChI=1S/C12H13ClO3S/c1-3-6-16-10-5-4-8(7-9(10)13)11(17-2)12(14)15/h3-5,7,11H,1,6H2,2H3,(H,14,15). The third kappa shape index (κ3) is 3.68. The van der Waals surface area contributed by atoms with Gasteiger partial charge in [0.05, 0.1) is 5.02 Å². The largest absolute Gasteiger partial charge is 0.488 e. The Bertz CT molecular complexity index is 420. The lowest BCUT2D eigenvalue weighted by atomic mass is 10.1. The molecule has 1 aromatic carbocycles. The molecule has 5 heteroatoms. The van der Waals surface area contributed by atoms with E-state index in [1.165, 1.54) is 11.8 Å². The topological polar surface area (TPSA) is 46.5 Å². The van der Waals surface area contributed by atoms with Gasteiger partial charge in [0, 0.05) is 0 Å². The van der Waals surface area contributed by atoms with Crippen molar-refractivity contribution in [1.29, 1.82) is 0 Å². The quantitative estimate of drug-likeness (QED) is 0.807. The Morgan fingerprint density at radius 2 is 2.41 bits per heavy atom. The number of thioether (sulfide) groups is 1. The van der Waals surface area contributed by atoms with Gasteiger partial charge in [-0.05, 0) is 24.0 Å². The van der Waals surface area contributed by atoms with Crippen LogP contribution in [0.3, 0.4) is 0 Å². The molecule has 0 spiro atoms. The lowest BCUT2D eigenvalue weighted by Gasteiger charge is -2.12. The van der Waals surface area contributed by atoms with Gasteiger partial charge in [-0.15, -0.1) is 11.8 Å². The van der Waals surface area contributed by atoms with Crippen LogP contribution in [0.1, 0.15) is 10.8 Å². The zero-order valence-electron chi connectivity index (χ0n) is 9.35. The van der Waals surface area contributed by atoms with Gasteiger partial charge >= 0.3 is 5.97 Å². The third-order valence-corrected chi connectivity index (χ3v) is 3.32. The van der Waals surface area contributed by atoms with E-state index in [1.54, 1.807) is 30.5 Å². The molecule has 92 valence electrons. The number of halogens is 1. The molecule has 0 amide bonds. The second-order valence-electron chi connectivity index (χ2n) is 3.24. The average Bonchev–Trinajstić information content (AvgIpc) is 2.28. The highest BCUT2D eigenvalue weighted by atomic mass is 35.5. The van der Waals surface area contributed by atoms with Crippen molar-refractivity contribution < 1.29 is 14.6 Å². The molecule has 0 aliphatic rings. The van der Waals surface area contributed by atoms with E-state index in [-0.39, 0.29) is 0 Å². The predicted molar refractivity (Wildman–Crippen MR) is 71.0 cm³/mol. The van der Waals surface area contributed by atoms with Gasteiger partial charge in [-0.25, -0.2) is 0 Å². The molecule has 0 aliphatic heterocycles. The van der Waals surface area contributed by atoms with Gasteiger partial charge in [0.15, 0.2) is 0 Å². The molecule has 1 unspecified atom stereocenters. The summed E-state index contributed by atoms with van der Waals surface area (Å²) in [6.07, 6.45) is 3.36. The summed E-state index contributed by atoms with van der Waals surface area (Å²) in [5, 5.41) is 8.82. The predicted octanol–water partition coefficient (Wildman–Crippen LogP) is 3.39. The van der Waals surface area contributed by atoms with Crippen molar-refractivity contribution in [3.05, 3.63) is 41.4 Å². The van der Waals surface area contributed by atoms with Crippen molar-refractivity contribution in [2.24, 2.45) is 0 Å². The SMILES string of the molecule is C=CCOc1ccc(C(SC)C(=O)O)cc1Cl. The monoisotopic (exact) mass is 272 g/mol. The summed E-state index contributed by atoms with van der Waals surface area (Å²) in [6.45, 7) is 3.90. The summed E-state index contributed by atoms with van der Waals surface area (Å²) in [5.41, 5.74) is 0.654. The summed E-state index contributed by atoms with van der Waals surface area (Å²) in [4.78, 5) is 11.0. The number of carboxylic acid groups (broad SMARTS) is 1. The van der Waals surface area contributed by atoms with Gasteiger partial charge in [0.2, 0.25) is 0 Å². The maximum Gasteiger partial charge on any atom is 0.321 e. The first kappa shape index (κ1) is 13.9. The van der Waals surface area contributed by atoms with Gasteiger partial charge in [0.25, 0.3) is 0 Å². The van der Waals surface area contributed by atoms with Crippen LogP contribution in [0.5, 0.6) is 5.75 Å². The molecule has 17 heavy (non-hydrogen) atoms. The molecule has 0 saturated carbocycles. The van der Waals surface area contributed by atoms with Crippen molar-refractivity contribution >= 4 is 29.3 Å². The molecule has 1 aromatic rings. The highest BCUT2D eigenvalue weighted by Crippen LogP contribution is 2.33. The van der Waals surface area contributed by atoms with Gasteiger partial charge < -0.3 is 9.84 Å². The molecule has 1 N–H and O–H groups in total. The van der Waals surface area contributed by atoms with E-state index in [0.717, 1.165) is 0 Å². The number of rotatable bonds is 6. The Morgan fingerprint density at radius 3 is 2.88 bits per heavy atom. The highest BCUT2D eigenvalue weighted by molar-refractivity contribution is 7.99. The number of benzene rings is 1. The van der Waals surface area contributed by atoms with E-state index >= 15 is 0 Å². The Morgan fingerprint density at radius 1 is 1.71 bits per heavy atom.